The molecule has 0 atom stereocenters. The molecule has 3 rings (SSSR count). The van der Waals surface area contributed by atoms with E-state index in [4.69, 9.17) is 0 Å². The van der Waals surface area contributed by atoms with Crippen molar-refractivity contribution in [2.45, 2.75) is 26.9 Å². The molecule has 0 aliphatic carbocycles. The fourth-order valence-electron chi connectivity index (χ4n) is 2.89. The molecule has 0 aliphatic rings. The van der Waals surface area contributed by atoms with Crippen molar-refractivity contribution in [3.05, 3.63) is 101 Å². The van der Waals surface area contributed by atoms with Crippen LogP contribution in [-0.4, -0.2) is 0 Å². The minimum absolute atomic E-state index is 0.917. The lowest BCUT2D eigenvalue weighted by atomic mass is 10.1. The molecule has 0 fully saturated rings. The van der Waals surface area contributed by atoms with Gasteiger partial charge in [0.05, 0.1) is 0 Å². The van der Waals surface area contributed by atoms with Gasteiger partial charge in [0.1, 0.15) is 0 Å². The Bertz CT molecular complexity index is 706. The second-order valence-electron chi connectivity index (χ2n) is 6.12. The van der Waals surface area contributed by atoms with Gasteiger partial charge in [0, 0.05) is 18.8 Å². The molecule has 0 N–H and O–H groups in total. The molecule has 0 radical (unpaired) electrons. The summed E-state index contributed by atoms with van der Waals surface area (Å²) in [4.78, 5) is 2.47. The Labute approximate surface area is 139 Å². The first-order valence-electron chi connectivity index (χ1n) is 8.12. The van der Waals surface area contributed by atoms with Crippen LogP contribution in [0.4, 0.5) is 5.69 Å². The summed E-state index contributed by atoms with van der Waals surface area (Å²) >= 11 is 0. The van der Waals surface area contributed by atoms with Gasteiger partial charge < -0.3 is 4.90 Å². The number of aryl methyl sites for hydroxylation is 2. The average molecular weight is 301 g/mol. The molecule has 116 valence electrons. The number of nitrogens with zero attached hydrogens (tertiary/aromatic N) is 1. The Hall–Kier alpha value is -2.54. The topological polar surface area (TPSA) is 3.24 Å². The van der Waals surface area contributed by atoms with E-state index in [0.717, 1.165) is 13.1 Å². The third-order valence-electron chi connectivity index (χ3n) is 4.14. The molecular formula is C22H23N. The quantitative estimate of drug-likeness (QED) is 0.600. The van der Waals surface area contributed by atoms with Gasteiger partial charge in [-0.25, -0.2) is 0 Å². The van der Waals surface area contributed by atoms with Crippen LogP contribution in [0, 0.1) is 13.8 Å². The molecule has 0 bridgehead atoms. The van der Waals surface area contributed by atoms with Gasteiger partial charge >= 0.3 is 0 Å². The van der Waals surface area contributed by atoms with Crippen molar-refractivity contribution in [2.75, 3.05) is 4.90 Å². The van der Waals surface area contributed by atoms with Gasteiger partial charge in [0.15, 0.2) is 0 Å². The molecule has 3 aromatic carbocycles. The molecule has 0 aliphatic heterocycles. The Kier molecular flexibility index (Phi) is 4.77. The highest BCUT2D eigenvalue weighted by molar-refractivity contribution is 5.55. The molecule has 0 aromatic heterocycles. The fourth-order valence-corrected chi connectivity index (χ4v) is 2.89. The second-order valence-corrected chi connectivity index (χ2v) is 6.12. The summed E-state index contributed by atoms with van der Waals surface area (Å²) in [6.07, 6.45) is 0. The lowest BCUT2D eigenvalue weighted by Crippen LogP contribution is -2.23. The first-order valence-corrected chi connectivity index (χ1v) is 8.12. The van der Waals surface area contributed by atoms with Gasteiger partial charge in [0.25, 0.3) is 0 Å². The van der Waals surface area contributed by atoms with Gasteiger partial charge in [-0.2, -0.15) is 0 Å². The average Bonchev–Trinajstić information content (AvgIpc) is 2.58. The molecule has 3 aromatic rings. The molecule has 0 saturated heterocycles. The van der Waals surface area contributed by atoms with Crippen LogP contribution in [0.2, 0.25) is 0 Å². The Balaban J connectivity index is 1.94. The smallest absolute Gasteiger partial charge is 0.0433 e. The Morgan fingerprint density at radius 1 is 0.652 bits per heavy atom. The summed E-state index contributed by atoms with van der Waals surface area (Å²) in [5, 5.41) is 0. The van der Waals surface area contributed by atoms with Gasteiger partial charge in [0.2, 0.25) is 0 Å². The summed E-state index contributed by atoms with van der Waals surface area (Å²) in [7, 11) is 0. The predicted molar refractivity (Wildman–Crippen MR) is 98.7 cm³/mol. The van der Waals surface area contributed by atoms with E-state index >= 15 is 0 Å². The zero-order valence-electron chi connectivity index (χ0n) is 13.9. The van der Waals surface area contributed by atoms with Crippen LogP contribution < -0.4 is 4.90 Å². The minimum Gasteiger partial charge on any atom is -0.363 e. The number of hydrogen-bond donors (Lipinski definition) is 0. The molecular weight excluding hydrogens is 278 g/mol. The summed E-state index contributed by atoms with van der Waals surface area (Å²) in [6, 6.07) is 28.1. The molecule has 0 amide bonds. The van der Waals surface area contributed by atoms with Crippen molar-refractivity contribution in [1.82, 2.24) is 0 Å². The van der Waals surface area contributed by atoms with Crippen LogP contribution in [0.5, 0.6) is 0 Å². The molecule has 0 saturated carbocycles. The monoisotopic (exact) mass is 301 g/mol. The zero-order chi connectivity index (χ0) is 16.1. The van der Waals surface area contributed by atoms with E-state index in [1.54, 1.807) is 0 Å². The summed E-state index contributed by atoms with van der Waals surface area (Å²) in [5.41, 5.74) is 6.62. The van der Waals surface area contributed by atoms with E-state index in [9.17, 15) is 0 Å². The van der Waals surface area contributed by atoms with Crippen LogP contribution in [0.15, 0.2) is 78.9 Å². The van der Waals surface area contributed by atoms with Crippen LogP contribution >= 0.6 is 0 Å². The lowest BCUT2D eigenvalue weighted by Gasteiger charge is -2.27. The van der Waals surface area contributed by atoms with Gasteiger partial charge in [-0.1, -0.05) is 72.8 Å². The van der Waals surface area contributed by atoms with Crippen LogP contribution in [-0.2, 0) is 13.1 Å². The number of benzene rings is 3. The van der Waals surface area contributed by atoms with E-state index in [2.05, 4.69) is 97.6 Å². The van der Waals surface area contributed by atoms with Crippen molar-refractivity contribution < 1.29 is 0 Å². The molecule has 0 heterocycles. The summed E-state index contributed by atoms with van der Waals surface area (Å²) in [6.45, 7) is 6.18. The maximum absolute atomic E-state index is 2.47. The highest BCUT2D eigenvalue weighted by atomic mass is 15.1. The van der Waals surface area contributed by atoms with Crippen LogP contribution in [0.3, 0.4) is 0 Å². The number of rotatable bonds is 5. The number of anilines is 1. The minimum atomic E-state index is 0.917. The van der Waals surface area contributed by atoms with E-state index in [0.29, 0.717) is 0 Å². The van der Waals surface area contributed by atoms with Crippen molar-refractivity contribution in [1.29, 1.82) is 0 Å². The highest BCUT2D eigenvalue weighted by Crippen LogP contribution is 2.25. The van der Waals surface area contributed by atoms with Gasteiger partial charge in [-0.15, -0.1) is 0 Å². The Morgan fingerprint density at radius 2 is 1.17 bits per heavy atom. The van der Waals surface area contributed by atoms with Crippen molar-refractivity contribution in [3.63, 3.8) is 0 Å². The van der Waals surface area contributed by atoms with E-state index in [-0.39, 0.29) is 0 Å². The highest BCUT2D eigenvalue weighted by Gasteiger charge is 2.11. The lowest BCUT2D eigenvalue weighted by molar-refractivity contribution is 0.796. The first kappa shape index (κ1) is 15.4. The molecule has 1 heteroatoms. The van der Waals surface area contributed by atoms with Crippen molar-refractivity contribution in [3.8, 4) is 0 Å². The largest absolute Gasteiger partial charge is 0.363 e. The van der Waals surface area contributed by atoms with E-state index < -0.39 is 0 Å². The van der Waals surface area contributed by atoms with Crippen molar-refractivity contribution in [2.24, 2.45) is 0 Å². The maximum atomic E-state index is 2.47. The standard InChI is InChI=1S/C22H23N/c1-18-13-14-19(2)22(15-18)23(16-20-9-5-3-6-10-20)17-21-11-7-4-8-12-21/h3-15H,16-17H2,1-2H3. The van der Waals surface area contributed by atoms with Gasteiger partial charge in [-0.05, 0) is 42.2 Å². The molecule has 0 spiro atoms. The maximum Gasteiger partial charge on any atom is 0.0433 e. The first-order chi connectivity index (χ1) is 11.2. The van der Waals surface area contributed by atoms with Gasteiger partial charge in [-0.3, -0.25) is 0 Å². The van der Waals surface area contributed by atoms with E-state index in [1.807, 2.05) is 0 Å². The third kappa shape index (κ3) is 4.01. The number of hydrogen-bond acceptors (Lipinski definition) is 1. The van der Waals surface area contributed by atoms with E-state index in [1.165, 1.54) is 27.9 Å². The zero-order valence-corrected chi connectivity index (χ0v) is 13.9. The molecule has 23 heavy (non-hydrogen) atoms. The normalized spacial score (nSPS) is 10.5. The van der Waals surface area contributed by atoms with Crippen molar-refractivity contribution >= 4 is 5.69 Å². The van der Waals surface area contributed by atoms with Crippen LogP contribution in [0.25, 0.3) is 0 Å². The third-order valence-corrected chi connectivity index (χ3v) is 4.14. The second kappa shape index (κ2) is 7.15. The predicted octanol–water partition coefficient (Wildman–Crippen LogP) is 5.51. The Morgan fingerprint density at radius 3 is 1.70 bits per heavy atom. The summed E-state index contributed by atoms with van der Waals surface area (Å²) in [5.74, 6) is 0. The van der Waals surface area contributed by atoms with Crippen LogP contribution in [0.1, 0.15) is 22.3 Å². The SMILES string of the molecule is Cc1ccc(C)c(N(Cc2ccccc2)Cc2ccccc2)c1. The fraction of sp³-hybridized carbons (Fsp3) is 0.182. The molecule has 1 nitrogen and oxygen atoms in total. The molecule has 0 unspecified atom stereocenters. The summed E-state index contributed by atoms with van der Waals surface area (Å²) < 4.78 is 0.